The Balaban J connectivity index is 1.39. The summed E-state index contributed by atoms with van der Waals surface area (Å²) in [6.45, 7) is 5.36. The molecule has 1 aliphatic rings. The number of nitrogens with zero attached hydrogens (tertiary/aromatic N) is 4. The van der Waals surface area contributed by atoms with Crippen molar-refractivity contribution in [2.45, 2.75) is 18.9 Å². The maximum absolute atomic E-state index is 6.11. The fourth-order valence-corrected chi connectivity index (χ4v) is 4.04. The Kier molecular flexibility index (Phi) is 6.37. The van der Waals surface area contributed by atoms with Crippen molar-refractivity contribution in [2.24, 2.45) is 0 Å². The highest BCUT2D eigenvalue weighted by atomic mass is 35.5. The van der Waals surface area contributed by atoms with E-state index in [4.69, 9.17) is 11.6 Å². The molecule has 146 valence electrons. The van der Waals surface area contributed by atoms with Crippen molar-refractivity contribution in [1.82, 2.24) is 24.8 Å². The average Bonchev–Trinajstić information content (AvgIpc) is 3.25. The average molecular weight is 396 g/mol. The number of H-pyrrole nitrogens is 1. The number of rotatable bonds is 7. The molecule has 0 spiro atoms. The summed E-state index contributed by atoms with van der Waals surface area (Å²) in [7, 11) is 0. The van der Waals surface area contributed by atoms with E-state index >= 15 is 0 Å². The van der Waals surface area contributed by atoms with Gasteiger partial charge < -0.3 is 9.88 Å². The minimum absolute atomic E-state index is 0.172. The lowest BCUT2D eigenvalue weighted by molar-refractivity contribution is 0.107. The zero-order valence-corrected chi connectivity index (χ0v) is 16.7. The second-order valence-electron chi connectivity index (χ2n) is 7.27. The third-order valence-corrected chi connectivity index (χ3v) is 5.65. The zero-order valence-electron chi connectivity index (χ0n) is 16.0. The summed E-state index contributed by atoms with van der Waals surface area (Å²) in [5, 5.41) is 0.769. The van der Waals surface area contributed by atoms with Crippen molar-refractivity contribution in [3.8, 4) is 0 Å². The Morgan fingerprint density at radius 1 is 1.04 bits per heavy atom. The van der Waals surface area contributed by atoms with Gasteiger partial charge in [-0.1, -0.05) is 29.8 Å². The van der Waals surface area contributed by atoms with Crippen molar-refractivity contribution in [3.05, 3.63) is 83.2 Å². The van der Waals surface area contributed by atoms with Crippen LogP contribution in [0.15, 0.2) is 61.2 Å². The number of aryl methyl sites for hydroxylation is 1. The Morgan fingerprint density at radius 2 is 1.86 bits per heavy atom. The van der Waals surface area contributed by atoms with Gasteiger partial charge >= 0.3 is 0 Å². The van der Waals surface area contributed by atoms with Crippen molar-refractivity contribution in [3.63, 3.8) is 0 Å². The molecule has 4 rings (SSSR count). The van der Waals surface area contributed by atoms with Gasteiger partial charge in [-0.3, -0.25) is 9.88 Å². The summed E-state index contributed by atoms with van der Waals surface area (Å²) >= 11 is 6.11. The molecule has 1 aliphatic heterocycles. The monoisotopic (exact) mass is 395 g/mol. The lowest BCUT2D eigenvalue weighted by Gasteiger charge is -2.39. The molecule has 28 heavy (non-hydrogen) atoms. The highest BCUT2D eigenvalue weighted by Crippen LogP contribution is 2.29. The number of piperazine rings is 1. The van der Waals surface area contributed by atoms with Gasteiger partial charge in [0.25, 0.3) is 0 Å². The van der Waals surface area contributed by atoms with Crippen LogP contribution in [0.25, 0.3) is 0 Å². The second-order valence-corrected chi connectivity index (χ2v) is 7.70. The number of pyridine rings is 1. The maximum atomic E-state index is 6.11. The molecular formula is C22H26ClN5. The van der Waals surface area contributed by atoms with Crippen LogP contribution < -0.4 is 0 Å². The van der Waals surface area contributed by atoms with Crippen LogP contribution in [0, 0.1) is 0 Å². The Morgan fingerprint density at radius 3 is 2.54 bits per heavy atom. The molecule has 1 aromatic carbocycles. The molecule has 1 atom stereocenters. The van der Waals surface area contributed by atoms with E-state index in [1.807, 2.05) is 30.6 Å². The summed E-state index contributed by atoms with van der Waals surface area (Å²) in [4.78, 5) is 17.0. The van der Waals surface area contributed by atoms with Crippen LogP contribution in [0.3, 0.4) is 0 Å². The van der Waals surface area contributed by atoms with Crippen LogP contribution in [0.2, 0.25) is 5.02 Å². The fourth-order valence-electron chi connectivity index (χ4n) is 3.91. The SMILES string of the molecule is Clc1ccc(C(c2ccccn2)N2CCN(CCCc3cnc[nH]3)CC2)cc1. The second kappa shape index (κ2) is 9.32. The number of halogens is 1. The van der Waals surface area contributed by atoms with Crippen molar-refractivity contribution < 1.29 is 0 Å². The van der Waals surface area contributed by atoms with Crippen LogP contribution in [0.5, 0.6) is 0 Å². The van der Waals surface area contributed by atoms with E-state index < -0.39 is 0 Å². The minimum atomic E-state index is 0.172. The highest BCUT2D eigenvalue weighted by Gasteiger charge is 2.27. The van der Waals surface area contributed by atoms with Gasteiger partial charge in [0.05, 0.1) is 18.1 Å². The molecule has 1 N–H and O–H groups in total. The molecule has 2 aromatic heterocycles. The largest absolute Gasteiger partial charge is 0.348 e. The van der Waals surface area contributed by atoms with E-state index in [9.17, 15) is 0 Å². The van der Waals surface area contributed by atoms with E-state index in [2.05, 4.69) is 49.0 Å². The van der Waals surface area contributed by atoms with Crippen LogP contribution in [-0.4, -0.2) is 57.5 Å². The molecule has 5 nitrogen and oxygen atoms in total. The molecule has 0 amide bonds. The van der Waals surface area contributed by atoms with E-state index in [1.165, 1.54) is 11.3 Å². The standard InChI is InChI=1S/C22H26ClN5/c23-19-8-6-18(7-9-19)22(21-5-1-2-10-25-21)28-14-12-27(13-15-28)11-3-4-20-16-24-17-26-20/h1-2,5-10,16-17,22H,3-4,11-15H2,(H,24,26). The Labute approximate surface area is 171 Å². The van der Waals surface area contributed by atoms with Gasteiger partial charge in [0, 0.05) is 49.3 Å². The fraction of sp³-hybridized carbons (Fsp3) is 0.364. The smallest absolute Gasteiger partial charge is 0.0921 e. The quantitative estimate of drug-likeness (QED) is 0.661. The number of benzene rings is 1. The zero-order chi connectivity index (χ0) is 19.2. The molecular weight excluding hydrogens is 370 g/mol. The number of imidazole rings is 1. The van der Waals surface area contributed by atoms with E-state index in [0.29, 0.717) is 0 Å². The molecule has 0 bridgehead atoms. The Hall–Kier alpha value is -2.21. The molecule has 3 aromatic rings. The summed E-state index contributed by atoms with van der Waals surface area (Å²) < 4.78 is 0. The van der Waals surface area contributed by atoms with E-state index in [1.54, 1.807) is 6.33 Å². The van der Waals surface area contributed by atoms with Gasteiger partial charge in [-0.15, -0.1) is 0 Å². The minimum Gasteiger partial charge on any atom is -0.348 e. The third-order valence-electron chi connectivity index (χ3n) is 5.40. The molecule has 1 saturated heterocycles. The number of aromatic nitrogens is 3. The predicted molar refractivity (Wildman–Crippen MR) is 112 cm³/mol. The first kappa shape index (κ1) is 19.1. The third kappa shape index (κ3) is 4.79. The number of hydrogen-bond acceptors (Lipinski definition) is 4. The van der Waals surface area contributed by atoms with Gasteiger partial charge in [0.15, 0.2) is 0 Å². The Bertz CT molecular complexity index is 827. The molecule has 1 fully saturated rings. The molecule has 0 aliphatic carbocycles. The van der Waals surface area contributed by atoms with Gasteiger partial charge in [0.2, 0.25) is 0 Å². The summed E-state index contributed by atoms with van der Waals surface area (Å²) in [6, 6.07) is 14.5. The normalized spacial score (nSPS) is 16.9. The molecule has 0 saturated carbocycles. The number of nitrogens with one attached hydrogen (secondary N) is 1. The summed E-state index contributed by atoms with van der Waals surface area (Å²) in [5.74, 6) is 0. The maximum Gasteiger partial charge on any atom is 0.0921 e. The molecule has 0 radical (unpaired) electrons. The lowest BCUT2D eigenvalue weighted by Crippen LogP contribution is -2.48. The number of hydrogen-bond donors (Lipinski definition) is 1. The summed E-state index contributed by atoms with van der Waals surface area (Å²) in [5.41, 5.74) is 3.56. The predicted octanol–water partition coefficient (Wildman–Crippen LogP) is 3.80. The lowest BCUT2D eigenvalue weighted by atomic mass is 10.0. The van der Waals surface area contributed by atoms with Gasteiger partial charge in [-0.2, -0.15) is 0 Å². The molecule has 6 heteroatoms. The first-order chi connectivity index (χ1) is 13.8. The van der Waals surface area contributed by atoms with Crippen LogP contribution in [0.4, 0.5) is 0 Å². The van der Waals surface area contributed by atoms with E-state index in [0.717, 1.165) is 56.3 Å². The van der Waals surface area contributed by atoms with Gasteiger partial charge in [0.1, 0.15) is 0 Å². The van der Waals surface area contributed by atoms with Crippen LogP contribution in [-0.2, 0) is 6.42 Å². The highest BCUT2D eigenvalue weighted by molar-refractivity contribution is 6.30. The van der Waals surface area contributed by atoms with Gasteiger partial charge in [-0.05, 0) is 49.2 Å². The molecule has 1 unspecified atom stereocenters. The van der Waals surface area contributed by atoms with Crippen LogP contribution in [0.1, 0.15) is 29.4 Å². The first-order valence-corrected chi connectivity index (χ1v) is 10.3. The van der Waals surface area contributed by atoms with Gasteiger partial charge in [-0.25, -0.2) is 4.98 Å². The summed E-state index contributed by atoms with van der Waals surface area (Å²) in [6.07, 6.45) is 7.76. The molecule has 3 heterocycles. The number of aromatic amines is 1. The van der Waals surface area contributed by atoms with Crippen molar-refractivity contribution in [2.75, 3.05) is 32.7 Å². The topological polar surface area (TPSA) is 48.1 Å². The van der Waals surface area contributed by atoms with Crippen molar-refractivity contribution in [1.29, 1.82) is 0 Å². The van der Waals surface area contributed by atoms with E-state index in [-0.39, 0.29) is 6.04 Å². The van der Waals surface area contributed by atoms with Crippen LogP contribution >= 0.6 is 11.6 Å². The first-order valence-electron chi connectivity index (χ1n) is 9.89. The van der Waals surface area contributed by atoms with Crippen molar-refractivity contribution >= 4 is 11.6 Å².